The van der Waals surface area contributed by atoms with Gasteiger partial charge in [-0.15, -0.1) is 0 Å². The molecule has 2 aromatic heterocycles. The number of hydrogen-bond donors (Lipinski definition) is 2. The highest BCUT2D eigenvalue weighted by molar-refractivity contribution is 5.85. The number of likely N-dealkylation sites (tertiary alicyclic amines) is 1. The number of carboxylic acid groups (broad SMARTS) is 1. The normalized spacial score (nSPS) is 17.4. The Morgan fingerprint density at radius 3 is 2.76 bits per heavy atom. The van der Waals surface area contributed by atoms with Crippen molar-refractivity contribution in [3.63, 3.8) is 0 Å². The van der Waals surface area contributed by atoms with Gasteiger partial charge in [-0.1, -0.05) is 0 Å². The molecule has 3 heterocycles. The number of H-pyrrole nitrogens is 1. The van der Waals surface area contributed by atoms with Gasteiger partial charge in [0.2, 0.25) is 5.91 Å². The molecule has 1 atom stereocenters. The number of aliphatic carboxylic acids is 1. The molecule has 1 aliphatic heterocycles. The molecule has 2 aromatic rings. The van der Waals surface area contributed by atoms with E-state index in [2.05, 4.69) is 10.1 Å². The van der Waals surface area contributed by atoms with Gasteiger partial charge in [-0.3, -0.25) is 19.4 Å². The van der Waals surface area contributed by atoms with E-state index in [-0.39, 0.29) is 17.9 Å². The summed E-state index contributed by atoms with van der Waals surface area (Å²) in [6.45, 7) is 4.21. The first kappa shape index (κ1) is 17.2. The number of aromatic nitrogens is 3. The lowest BCUT2D eigenvalue weighted by Gasteiger charge is -2.21. The Morgan fingerprint density at radius 2 is 2.08 bits per heavy atom. The van der Waals surface area contributed by atoms with Crippen LogP contribution in [-0.2, 0) is 23.1 Å². The van der Waals surface area contributed by atoms with Crippen LogP contribution < -0.4 is 5.56 Å². The van der Waals surface area contributed by atoms with Gasteiger partial charge in [-0.2, -0.15) is 0 Å². The van der Waals surface area contributed by atoms with Crippen LogP contribution in [0, 0.1) is 13.8 Å². The topological polar surface area (TPSA) is 108 Å². The first-order chi connectivity index (χ1) is 11.8. The number of rotatable bonds is 4. The Morgan fingerprint density at radius 1 is 1.36 bits per heavy atom. The van der Waals surface area contributed by atoms with Gasteiger partial charge < -0.3 is 10.0 Å². The molecule has 2 N–H and O–H groups in total. The average Bonchev–Trinajstić information content (AvgIpc) is 3.12. The molecule has 0 aliphatic carbocycles. The number of carbonyl (C=O) groups is 2. The number of pyridine rings is 1. The zero-order valence-corrected chi connectivity index (χ0v) is 14.6. The fourth-order valence-corrected chi connectivity index (χ4v) is 3.71. The van der Waals surface area contributed by atoms with Crippen LogP contribution in [-0.4, -0.2) is 49.2 Å². The SMILES string of the molecule is Cc1nc2c(c(C)c1CCC(=O)N1CCCC1C(=O)O)c(=O)[nH]n2C. The maximum Gasteiger partial charge on any atom is 0.326 e. The summed E-state index contributed by atoms with van der Waals surface area (Å²) in [5, 5.41) is 12.5. The van der Waals surface area contributed by atoms with E-state index in [9.17, 15) is 19.5 Å². The molecule has 0 aromatic carbocycles. The molecule has 0 bridgehead atoms. The molecule has 1 unspecified atom stereocenters. The highest BCUT2D eigenvalue weighted by atomic mass is 16.4. The van der Waals surface area contributed by atoms with Gasteiger partial charge in [-0.05, 0) is 44.2 Å². The monoisotopic (exact) mass is 346 g/mol. The third-order valence-corrected chi connectivity index (χ3v) is 5.02. The molecule has 1 fully saturated rings. The van der Waals surface area contributed by atoms with E-state index < -0.39 is 12.0 Å². The Kier molecular flexibility index (Phi) is 4.36. The van der Waals surface area contributed by atoms with Crippen LogP contribution in [0.2, 0.25) is 0 Å². The Bertz CT molecular complexity index is 911. The van der Waals surface area contributed by atoms with Crippen LogP contribution in [0.5, 0.6) is 0 Å². The third-order valence-electron chi connectivity index (χ3n) is 5.02. The van der Waals surface area contributed by atoms with Crippen LogP contribution in [0.25, 0.3) is 11.0 Å². The summed E-state index contributed by atoms with van der Waals surface area (Å²) in [4.78, 5) is 41.7. The molecule has 3 rings (SSSR count). The van der Waals surface area contributed by atoms with E-state index in [1.165, 1.54) is 4.90 Å². The average molecular weight is 346 g/mol. The lowest BCUT2D eigenvalue weighted by molar-refractivity contribution is -0.148. The van der Waals surface area contributed by atoms with Gasteiger partial charge in [0.05, 0.1) is 5.39 Å². The van der Waals surface area contributed by atoms with Crippen molar-refractivity contribution in [1.82, 2.24) is 19.7 Å². The highest BCUT2D eigenvalue weighted by Gasteiger charge is 2.33. The zero-order valence-electron chi connectivity index (χ0n) is 14.6. The van der Waals surface area contributed by atoms with Crippen LogP contribution >= 0.6 is 0 Å². The Hall–Kier alpha value is -2.64. The van der Waals surface area contributed by atoms with Crippen molar-refractivity contribution in [2.24, 2.45) is 7.05 Å². The molecule has 8 nitrogen and oxygen atoms in total. The largest absolute Gasteiger partial charge is 0.480 e. The van der Waals surface area contributed by atoms with Crippen molar-refractivity contribution in [2.45, 2.75) is 45.6 Å². The molecular formula is C17H22N4O4. The summed E-state index contributed by atoms with van der Waals surface area (Å²) in [5.41, 5.74) is 2.89. The van der Waals surface area contributed by atoms with Crippen LogP contribution in [0.1, 0.15) is 36.1 Å². The molecule has 0 spiro atoms. The summed E-state index contributed by atoms with van der Waals surface area (Å²) in [6.07, 6.45) is 1.87. The second-order valence-corrected chi connectivity index (χ2v) is 6.58. The molecule has 1 saturated heterocycles. The smallest absolute Gasteiger partial charge is 0.326 e. The molecule has 25 heavy (non-hydrogen) atoms. The van der Waals surface area contributed by atoms with Crippen molar-refractivity contribution < 1.29 is 14.7 Å². The number of hydrogen-bond acceptors (Lipinski definition) is 4. The van der Waals surface area contributed by atoms with Crippen LogP contribution in [0.4, 0.5) is 0 Å². The van der Waals surface area contributed by atoms with Gasteiger partial charge in [0.1, 0.15) is 6.04 Å². The standard InChI is InChI=1S/C17H22N4O4/c1-9-11(10(2)18-15-14(9)16(23)19-20(15)3)6-7-13(22)21-8-4-5-12(21)17(24)25/h12H,4-8H2,1-3H3,(H,19,23)(H,24,25). The van der Waals surface area contributed by atoms with Gasteiger partial charge in [-0.25, -0.2) is 9.78 Å². The first-order valence-corrected chi connectivity index (χ1v) is 8.38. The molecule has 1 aliphatic rings. The second-order valence-electron chi connectivity index (χ2n) is 6.58. The van der Waals surface area contributed by atoms with E-state index in [0.29, 0.717) is 36.8 Å². The Labute approximate surface area is 144 Å². The van der Waals surface area contributed by atoms with Crippen LogP contribution in [0.3, 0.4) is 0 Å². The van der Waals surface area contributed by atoms with E-state index in [0.717, 1.165) is 16.8 Å². The first-order valence-electron chi connectivity index (χ1n) is 8.38. The minimum atomic E-state index is -0.947. The van der Waals surface area contributed by atoms with Gasteiger partial charge in [0.15, 0.2) is 5.65 Å². The summed E-state index contributed by atoms with van der Waals surface area (Å²) in [5.74, 6) is -1.11. The van der Waals surface area contributed by atoms with E-state index in [1.54, 1.807) is 11.7 Å². The van der Waals surface area contributed by atoms with E-state index in [4.69, 9.17) is 0 Å². The molecule has 8 heteroatoms. The number of aromatic amines is 1. The zero-order chi connectivity index (χ0) is 18.3. The van der Waals surface area contributed by atoms with Gasteiger partial charge in [0.25, 0.3) is 5.56 Å². The van der Waals surface area contributed by atoms with Gasteiger partial charge in [0, 0.05) is 25.7 Å². The summed E-state index contributed by atoms with van der Waals surface area (Å²) < 4.78 is 1.59. The van der Waals surface area contributed by atoms with Crippen molar-refractivity contribution >= 4 is 22.9 Å². The lowest BCUT2D eigenvalue weighted by atomic mass is 10.00. The predicted molar refractivity (Wildman–Crippen MR) is 91.5 cm³/mol. The summed E-state index contributed by atoms with van der Waals surface area (Å²) in [7, 11) is 1.73. The van der Waals surface area contributed by atoms with Crippen LogP contribution in [0.15, 0.2) is 4.79 Å². The number of aryl methyl sites for hydroxylation is 3. The van der Waals surface area contributed by atoms with E-state index >= 15 is 0 Å². The molecule has 0 radical (unpaired) electrons. The fourth-order valence-electron chi connectivity index (χ4n) is 3.71. The van der Waals surface area contributed by atoms with Crippen molar-refractivity contribution in [3.8, 4) is 0 Å². The third kappa shape index (κ3) is 2.92. The summed E-state index contributed by atoms with van der Waals surface area (Å²) in [6, 6.07) is -0.715. The van der Waals surface area contributed by atoms with Crippen molar-refractivity contribution in [1.29, 1.82) is 0 Å². The highest BCUT2D eigenvalue weighted by Crippen LogP contribution is 2.23. The molecule has 134 valence electrons. The molecular weight excluding hydrogens is 324 g/mol. The second kappa shape index (κ2) is 6.34. The maximum atomic E-state index is 12.5. The minimum Gasteiger partial charge on any atom is -0.480 e. The number of amides is 1. The lowest BCUT2D eigenvalue weighted by Crippen LogP contribution is -2.40. The predicted octanol–water partition coefficient (Wildman–Crippen LogP) is 0.887. The minimum absolute atomic E-state index is 0.161. The number of fused-ring (bicyclic) bond motifs is 1. The van der Waals surface area contributed by atoms with E-state index in [1.807, 2.05) is 13.8 Å². The Balaban J connectivity index is 1.84. The number of nitrogens with zero attached hydrogens (tertiary/aromatic N) is 3. The maximum absolute atomic E-state index is 12.5. The molecule has 0 saturated carbocycles. The number of carbonyl (C=O) groups excluding carboxylic acids is 1. The molecule has 1 amide bonds. The van der Waals surface area contributed by atoms with Crippen molar-refractivity contribution in [3.05, 3.63) is 27.2 Å². The quantitative estimate of drug-likeness (QED) is 0.854. The van der Waals surface area contributed by atoms with Crippen molar-refractivity contribution in [2.75, 3.05) is 6.54 Å². The fraction of sp³-hybridized carbons (Fsp3) is 0.529. The van der Waals surface area contributed by atoms with Gasteiger partial charge >= 0.3 is 5.97 Å². The number of carboxylic acids is 1. The summed E-state index contributed by atoms with van der Waals surface area (Å²) >= 11 is 0. The number of nitrogens with one attached hydrogen (secondary N) is 1.